The van der Waals surface area contributed by atoms with Crippen LogP contribution in [0.25, 0.3) is 0 Å². The first-order valence-corrected chi connectivity index (χ1v) is 7.27. The predicted molar refractivity (Wildman–Crippen MR) is 77.6 cm³/mol. The van der Waals surface area contributed by atoms with Crippen molar-refractivity contribution in [3.8, 4) is 24.2 Å². The van der Waals surface area contributed by atoms with Crippen LogP contribution in [0.4, 0.5) is 0 Å². The van der Waals surface area contributed by atoms with Gasteiger partial charge in [-0.15, -0.1) is 18.3 Å². The fourth-order valence-corrected chi connectivity index (χ4v) is 1.86. The van der Waals surface area contributed by atoms with E-state index in [2.05, 4.69) is 31.6 Å². The molecule has 0 heterocycles. The average molecular weight is 232 g/mol. The van der Waals surface area contributed by atoms with Crippen LogP contribution < -0.4 is 0 Å². The van der Waals surface area contributed by atoms with Gasteiger partial charge in [-0.2, -0.15) is 0 Å². The minimum Gasteiger partial charge on any atom is -0.120 e. The summed E-state index contributed by atoms with van der Waals surface area (Å²) in [7, 11) is 0. The molecular formula is C17H28. The third kappa shape index (κ3) is 11.4. The fraction of sp³-hybridized carbons (Fsp3) is 0.765. The van der Waals surface area contributed by atoms with Crippen molar-refractivity contribution in [1.29, 1.82) is 0 Å². The van der Waals surface area contributed by atoms with E-state index in [1.165, 1.54) is 51.4 Å². The Bertz CT molecular complexity index is 245. The first kappa shape index (κ1) is 16.1. The van der Waals surface area contributed by atoms with Gasteiger partial charge < -0.3 is 0 Å². The molecule has 0 saturated heterocycles. The lowest BCUT2D eigenvalue weighted by Gasteiger charge is -2.05. The second-order valence-electron chi connectivity index (χ2n) is 4.73. The highest BCUT2D eigenvalue weighted by molar-refractivity contribution is 5.07. The quantitative estimate of drug-likeness (QED) is 0.379. The van der Waals surface area contributed by atoms with Gasteiger partial charge in [-0.05, 0) is 12.8 Å². The van der Waals surface area contributed by atoms with Crippen molar-refractivity contribution in [2.45, 2.75) is 78.1 Å². The topological polar surface area (TPSA) is 0 Å². The maximum Gasteiger partial charge on any atom is 0.0312 e. The number of hydrogen-bond donors (Lipinski definition) is 0. The highest BCUT2D eigenvalue weighted by Gasteiger charge is 2.02. The lowest BCUT2D eigenvalue weighted by molar-refractivity contribution is 0.563. The van der Waals surface area contributed by atoms with Crippen molar-refractivity contribution >= 4 is 0 Å². The molecule has 0 amide bonds. The van der Waals surface area contributed by atoms with Crippen LogP contribution in [0.1, 0.15) is 78.1 Å². The molecule has 0 aromatic heterocycles. The second-order valence-corrected chi connectivity index (χ2v) is 4.73. The Hall–Kier alpha value is -0.880. The van der Waals surface area contributed by atoms with Gasteiger partial charge >= 0.3 is 0 Å². The summed E-state index contributed by atoms with van der Waals surface area (Å²) < 4.78 is 0. The van der Waals surface area contributed by atoms with Gasteiger partial charge in [0, 0.05) is 18.8 Å². The van der Waals surface area contributed by atoms with Crippen molar-refractivity contribution in [3.05, 3.63) is 0 Å². The Labute approximate surface area is 109 Å². The van der Waals surface area contributed by atoms with E-state index in [4.69, 9.17) is 6.42 Å². The van der Waals surface area contributed by atoms with Crippen molar-refractivity contribution < 1.29 is 0 Å². The molecule has 0 radical (unpaired) electrons. The molecule has 0 aliphatic heterocycles. The van der Waals surface area contributed by atoms with E-state index in [0.29, 0.717) is 5.92 Å². The largest absolute Gasteiger partial charge is 0.120 e. The summed E-state index contributed by atoms with van der Waals surface area (Å²) in [5, 5.41) is 0. The zero-order valence-corrected chi connectivity index (χ0v) is 11.7. The normalized spacial score (nSPS) is 11.4. The molecule has 0 aliphatic rings. The molecule has 0 aliphatic carbocycles. The fourth-order valence-electron chi connectivity index (χ4n) is 1.86. The van der Waals surface area contributed by atoms with Gasteiger partial charge in [0.2, 0.25) is 0 Å². The van der Waals surface area contributed by atoms with E-state index in [9.17, 15) is 0 Å². The van der Waals surface area contributed by atoms with Crippen LogP contribution in [0.2, 0.25) is 0 Å². The van der Waals surface area contributed by atoms with Gasteiger partial charge in [-0.1, -0.05) is 58.3 Å². The standard InChI is InChI=1S/C17H28/c1-4-7-9-10-11-13-16-17(14-6-3)15-12-8-5-2/h3,17H,4-5,7-12,14-15H2,1-2H3. The van der Waals surface area contributed by atoms with Crippen molar-refractivity contribution in [1.82, 2.24) is 0 Å². The maximum atomic E-state index is 5.39. The lowest BCUT2D eigenvalue weighted by atomic mass is 9.98. The molecule has 0 bridgehead atoms. The van der Waals surface area contributed by atoms with Crippen LogP contribution in [-0.4, -0.2) is 0 Å². The Morgan fingerprint density at radius 3 is 2.29 bits per heavy atom. The lowest BCUT2D eigenvalue weighted by Crippen LogP contribution is -1.95. The van der Waals surface area contributed by atoms with Gasteiger partial charge in [0.25, 0.3) is 0 Å². The smallest absolute Gasteiger partial charge is 0.0312 e. The molecule has 1 atom stereocenters. The van der Waals surface area contributed by atoms with Crippen LogP contribution in [0.3, 0.4) is 0 Å². The molecule has 0 N–H and O–H groups in total. The molecule has 0 saturated carbocycles. The second kappa shape index (κ2) is 13.2. The summed E-state index contributed by atoms with van der Waals surface area (Å²) in [5.41, 5.74) is 0. The minimum absolute atomic E-state index is 0.442. The first-order chi connectivity index (χ1) is 8.35. The summed E-state index contributed by atoms with van der Waals surface area (Å²) in [6.45, 7) is 4.47. The third-order valence-corrected chi connectivity index (χ3v) is 2.98. The van der Waals surface area contributed by atoms with Crippen LogP contribution >= 0.6 is 0 Å². The molecule has 96 valence electrons. The summed E-state index contributed by atoms with van der Waals surface area (Å²) in [6.07, 6.45) is 17.5. The van der Waals surface area contributed by atoms with E-state index < -0.39 is 0 Å². The van der Waals surface area contributed by atoms with Crippen LogP contribution in [0.15, 0.2) is 0 Å². The van der Waals surface area contributed by atoms with Gasteiger partial charge in [0.15, 0.2) is 0 Å². The average Bonchev–Trinajstić information content (AvgIpc) is 2.34. The molecule has 0 aromatic rings. The molecule has 0 rings (SSSR count). The molecular weight excluding hydrogens is 204 g/mol. The highest BCUT2D eigenvalue weighted by Crippen LogP contribution is 2.12. The maximum absolute atomic E-state index is 5.39. The van der Waals surface area contributed by atoms with Crippen LogP contribution in [-0.2, 0) is 0 Å². The van der Waals surface area contributed by atoms with E-state index in [-0.39, 0.29) is 0 Å². The SMILES string of the molecule is C#CCC(C#CCCCCCC)CCCCC. The predicted octanol–water partition coefficient (Wildman–Crippen LogP) is 5.18. The van der Waals surface area contributed by atoms with Crippen molar-refractivity contribution in [2.24, 2.45) is 5.92 Å². The molecule has 17 heavy (non-hydrogen) atoms. The van der Waals surface area contributed by atoms with Crippen molar-refractivity contribution in [2.75, 3.05) is 0 Å². The van der Waals surface area contributed by atoms with E-state index >= 15 is 0 Å². The molecule has 0 nitrogen and oxygen atoms in total. The number of unbranched alkanes of at least 4 members (excludes halogenated alkanes) is 6. The monoisotopic (exact) mass is 232 g/mol. The summed E-state index contributed by atoms with van der Waals surface area (Å²) in [5.74, 6) is 9.87. The molecule has 0 fully saturated rings. The Morgan fingerprint density at radius 1 is 0.941 bits per heavy atom. The number of terminal acetylenes is 1. The third-order valence-electron chi connectivity index (χ3n) is 2.98. The molecule has 1 unspecified atom stereocenters. The number of hydrogen-bond acceptors (Lipinski definition) is 0. The van der Waals surface area contributed by atoms with E-state index in [0.717, 1.165) is 12.8 Å². The zero-order valence-electron chi connectivity index (χ0n) is 11.7. The van der Waals surface area contributed by atoms with Gasteiger partial charge in [-0.3, -0.25) is 0 Å². The highest BCUT2D eigenvalue weighted by atomic mass is 14.0. The Balaban J connectivity index is 3.74. The van der Waals surface area contributed by atoms with E-state index in [1.54, 1.807) is 0 Å². The molecule has 0 spiro atoms. The van der Waals surface area contributed by atoms with Gasteiger partial charge in [-0.25, -0.2) is 0 Å². The van der Waals surface area contributed by atoms with Crippen LogP contribution in [0, 0.1) is 30.1 Å². The Kier molecular flexibility index (Phi) is 12.5. The minimum atomic E-state index is 0.442. The molecule has 0 heteroatoms. The van der Waals surface area contributed by atoms with Crippen LogP contribution in [0.5, 0.6) is 0 Å². The Morgan fingerprint density at radius 2 is 1.65 bits per heavy atom. The first-order valence-electron chi connectivity index (χ1n) is 7.27. The van der Waals surface area contributed by atoms with Crippen molar-refractivity contribution in [3.63, 3.8) is 0 Å². The zero-order chi connectivity index (χ0) is 12.8. The summed E-state index contributed by atoms with van der Waals surface area (Å²) >= 11 is 0. The van der Waals surface area contributed by atoms with E-state index in [1.807, 2.05) is 0 Å². The summed E-state index contributed by atoms with van der Waals surface area (Å²) in [4.78, 5) is 0. The molecule has 0 aromatic carbocycles. The summed E-state index contributed by atoms with van der Waals surface area (Å²) in [6, 6.07) is 0. The number of rotatable bonds is 9. The van der Waals surface area contributed by atoms with Gasteiger partial charge in [0.05, 0.1) is 0 Å². The van der Waals surface area contributed by atoms with Gasteiger partial charge in [0.1, 0.15) is 0 Å².